The zero-order chi connectivity index (χ0) is 23.1. The molecule has 3 N–H and O–H groups in total. The molecule has 3 rings (SSSR count). The summed E-state index contributed by atoms with van der Waals surface area (Å²) in [7, 11) is -3.89. The summed E-state index contributed by atoms with van der Waals surface area (Å²) in [4.78, 5) is 25.0. The van der Waals surface area contributed by atoms with E-state index in [1.54, 1.807) is 12.1 Å². The first-order valence-electron chi connectivity index (χ1n) is 12.0. The van der Waals surface area contributed by atoms with E-state index in [0.717, 1.165) is 31.2 Å². The van der Waals surface area contributed by atoms with Crippen LogP contribution in [0.25, 0.3) is 0 Å². The third-order valence-corrected chi connectivity index (χ3v) is 7.75. The summed E-state index contributed by atoms with van der Waals surface area (Å²) in [6.45, 7) is 3.96. The van der Waals surface area contributed by atoms with Crippen LogP contribution >= 0.6 is 0 Å². The molecule has 1 saturated carbocycles. The number of sulfonamides is 1. The normalized spacial score (nSPS) is 19.3. The Balaban J connectivity index is 1.74. The number of rotatable bonds is 7. The molecule has 0 bridgehead atoms. The Hall–Kier alpha value is -1.93. The van der Waals surface area contributed by atoms with Crippen LogP contribution < -0.4 is 15.4 Å². The van der Waals surface area contributed by atoms with Gasteiger partial charge in [-0.2, -0.15) is 4.72 Å². The highest BCUT2D eigenvalue weighted by molar-refractivity contribution is 7.89. The molecular weight excluding hydrogens is 426 g/mol. The summed E-state index contributed by atoms with van der Waals surface area (Å²) in [6.07, 6.45) is 9.87. The summed E-state index contributed by atoms with van der Waals surface area (Å²) in [6, 6.07) is 4.04. The molecular formula is C24H37N3O4S. The van der Waals surface area contributed by atoms with Gasteiger partial charge >= 0.3 is 0 Å². The molecule has 1 fully saturated rings. The van der Waals surface area contributed by atoms with E-state index >= 15 is 0 Å². The highest BCUT2D eigenvalue weighted by Crippen LogP contribution is 2.25. The van der Waals surface area contributed by atoms with Crippen molar-refractivity contribution in [2.24, 2.45) is 5.92 Å². The molecule has 7 nitrogen and oxygen atoms in total. The number of hydrogen-bond acceptors (Lipinski definition) is 4. The molecule has 1 aromatic carbocycles. The number of anilines is 1. The van der Waals surface area contributed by atoms with Crippen LogP contribution in [0.4, 0.5) is 5.69 Å². The van der Waals surface area contributed by atoms with Gasteiger partial charge in [-0.3, -0.25) is 9.59 Å². The zero-order valence-corrected chi connectivity index (χ0v) is 20.1. The Bertz CT molecular complexity index is 906. The second-order valence-corrected chi connectivity index (χ2v) is 11.3. The topological polar surface area (TPSA) is 104 Å². The van der Waals surface area contributed by atoms with Crippen molar-refractivity contribution in [3.8, 4) is 0 Å². The van der Waals surface area contributed by atoms with Gasteiger partial charge in [0.2, 0.25) is 21.8 Å². The first kappa shape index (κ1) is 24.7. The minimum Gasteiger partial charge on any atom is -0.352 e. The van der Waals surface area contributed by atoms with E-state index in [2.05, 4.69) is 15.4 Å². The minimum absolute atomic E-state index is 0.0552. The van der Waals surface area contributed by atoms with Crippen LogP contribution in [0.1, 0.15) is 83.6 Å². The van der Waals surface area contributed by atoms with Gasteiger partial charge in [0.15, 0.2) is 0 Å². The fourth-order valence-corrected chi connectivity index (χ4v) is 5.81. The first-order chi connectivity index (χ1) is 15.2. The minimum atomic E-state index is -3.89. The molecule has 2 aliphatic rings. The molecule has 32 heavy (non-hydrogen) atoms. The van der Waals surface area contributed by atoms with Gasteiger partial charge in [-0.25, -0.2) is 8.42 Å². The van der Waals surface area contributed by atoms with E-state index in [-0.39, 0.29) is 28.7 Å². The molecule has 0 saturated heterocycles. The molecule has 8 heteroatoms. The Morgan fingerprint density at radius 1 is 1.06 bits per heavy atom. The summed E-state index contributed by atoms with van der Waals surface area (Å²) in [5.74, 6) is -0.136. The van der Waals surface area contributed by atoms with Crippen LogP contribution in [0.5, 0.6) is 0 Å². The lowest BCUT2D eigenvalue weighted by molar-refractivity contribution is -0.124. The van der Waals surface area contributed by atoms with E-state index in [1.807, 2.05) is 13.8 Å². The molecule has 0 spiro atoms. The lowest BCUT2D eigenvalue weighted by Gasteiger charge is -2.25. The number of carbonyl (C=O) groups excluding carboxylic acids is 2. The molecule has 0 aromatic heterocycles. The third kappa shape index (κ3) is 7.04. The van der Waals surface area contributed by atoms with E-state index < -0.39 is 16.1 Å². The number of nitrogens with one attached hydrogen (secondary N) is 3. The van der Waals surface area contributed by atoms with Crippen molar-refractivity contribution in [1.29, 1.82) is 0 Å². The zero-order valence-electron chi connectivity index (χ0n) is 19.3. The van der Waals surface area contributed by atoms with Crippen molar-refractivity contribution in [3.05, 3.63) is 23.8 Å². The summed E-state index contributed by atoms with van der Waals surface area (Å²) in [5.41, 5.74) is 1.46. The van der Waals surface area contributed by atoms with Crippen LogP contribution in [-0.4, -0.2) is 32.3 Å². The number of carbonyl (C=O) groups is 2. The average molecular weight is 464 g/mol. The lowest BCUT2D eigenvalue weighted by Crippen LogP contribution is -2.50. The predicted molar refractivity (Wildman–Crippen MR) is 126 cm³/mol. The number of aryl methyl sites for hydroxylation is 1. The summed E-state index contributed by atoms with van der Waals surface area (Å²) >= 11 is 0. The monoisotopic (exact) mass is 463 g/mol. The summed E-state index contributed by atoms with van der Waals surface area (Å²) < 4.78 is 29.0. The molecule has 1 aliphatic carbocycles. The van der Waals surface area contributed by atoms with Crippen molar-refractivity contribution in [2.45, 2.75) is 101 Å². The molecule has 1 aromatic rings. The van der Waals surface area contributed by atoms with Gasteiger partial charge in [0.05, 0.1) is 4.90 Å². The van der Waals surface area contributed by atoms with Gasteiger partial charge in [0, 0.05) is 18.2 Å². The van der Waals surface area contributed by atoms with E-state index in [9.17, 15) is 18.0 Å². The maximum Gasteiger partial charge on any atom is 0.241 e. The molecule has 0 radical (unpaired) electrons. The van der Waals surface area contributed by atoms with Gasteiger partial charge in [-0.1, -0.05) is 46.0 Å². The number of fused-ring (bicyclic) bond motifs is 1. The van der Waals surface area contributed by atoms with Crippen molar-refractivity contribution < 1.29 is 18.0 Å². The SMILES string of the molecule is CC(C)C[C@H](NS(=O)(=O)c1ccc2c(c1)CCCC(=O)N2)C(=O)NC1CCCCCCC1. The van der Waals surface area contributed by atoms with Crippen LogP contribution in [0, 0.1) is 5.92 Å². The quantitative estimate of drug-likeness (QED) is 0.571. The van der Waals surface area contributed by atoms with Crippen LogP contribution in [0.3, 0.4) is 0 Å². The van der Waals surface area contributed by atoms with Gasteiger partial charge < -0.3 is 10.6 Å². The molecule has 1 aliphatic heterocycles. The van der Waals surface area contributed by atoms with E-state index in [4.69, 9.17) is 0 Å². The molecule has 1 atom stereocenters. The van der Waals surface area contributed by atoms with Gasteiger partial charge in [-0.15, -0.1) is 0 Å². The van der Waals surface area contributed by atoms with Crippen molar-refractivity contribution >= 4 is 27.5 Å². The van der Waals surface area contributed by atoms with Crippen molar-refractivity contribution in [2.75, 3.05) is 5.32 Å². The lowest BCUT2D eigenvalue weighted by atomic mass is 9.96. The standard InChI is InChI=1S/C24H37N3O4S/c1-17(2)15-22(24(29)25-19-10-6-4-3-5-7-11-19)27-32(30,31)20-13-14-21-18(16-20)9-8-12-23(28)26-21/h13-14,16-17,19,22,27H,3-12,15H2,1-2H3,(H,25,29)(H,26,28)/t22-/m0/s1. The molecule has 0 unspecified atom stereocenters. The summed E-state index contributed by atoms with van der Waals surface area (Å²) in [5, 5.41) is 5.94. The van der Waals surface area contributed by atoms with Crippen molar-refractivity contribution in [1.82, 2.24) is 10.0 Å². The Morgan fingerprint density at radius 2 is 1.75 bits per heavy atom. The Kier molecular flexibility index (Phi) is 8.71. The van der Waals surface area contributed by atoms with Crippen molar-refractivity contribution in [3.63, 3.8) is 0 Å². The van der Waals surface area contributed by atoms with E-state index in [0.29, 0.717) is 31.4 Å². The van der Waals surface area contributed by atoms with Gasteiger partial charge in [0.1, 0.15) is 6.04 Å². The second kappa shape index (κ2) is 11.3. The Labute approximate surface area is 192 Å². The fourth-order valence-electron chi connectivity index (χ4n) is 4.56. The third-order valence-electron chi connectivity index (χ3n) is 6.28. The number of benzene rings is 1. The van der Waals surface area contributed by atoms with Gasteiger partial charge in [0.25, 0.3) is 0 Å². The highest BCUT2D eigenvalue weighted by atomic mass is 32.2. The number of hydrogen-bond donors (Lipinski definition) is 3. The van der Waals surface area contributed by atoms with E-state index in [1.165, 1.54) is 25.3 Å². The van der Waals surface area contributed by atoms with Crippen LogP contribution in [0.15, 0.2) is 23.1 Å². The predicted octanol–water partition coefficient (Wildman–Crippen LogP) is 3.88. The Morgan fingerprint density at radius 3 is 2.44 bits per heavy atom. The number of amides is 2. The molecule has 178 valence electrons. The highest BCUT2D eigenvalue weighted by Gasteiger charge is 2.29. The van der Waals surface area contributed by atoms with Gasteiger partial charge in [-0.05, 0) is 61.8 Å². The average Bonchev–Trinajstić information content (AvgIpc) is 2.88. The molecule has 1 heterocycles. The smallest absolute Gasteiger partial charge is 0.241 e. The maximum absolute atomic E-state index is 13.2. The van der Waals surface area contributed by atoms with Crippen LogP contribution in [-0.2, 0) is 26.0 Å². The van der Waals surface area contributed by atoms with Crippen LogP contribution in [0.2, 0.25) is 0 Å². The molecule has 2 amide bonds. The maximum atomic E-state index is 13.2. The first-order valence-corrected chi connectivity index (χ1v) is 13.5. The second-order valence-electron chi connectivity index (χ2n) is 9.57. The fraction of sp³-hybridized carbons (Fsp3) is 0.667. The largest absolute Gasteiger partial charge is 0.352 e.